The summed E-state index contributed by atoms with van der Waals surface area (Å²) < 4.78 is 20.8. The van der Waals surface area contributed by atoms with Crippen LogP contribution in [0.4, 0.5) is 4.39 Å². The molecule has 0 saturated carbocycles. The lowest BCUT2D eigenvalue weighted by Crippen LogP contribution is -2.38. The van der Waals surface area contributed by atoms with E-state index in [0.29, 0.717) is 12.3 Å². The Labute approximate surface area is 171 Å². The fraction of sp³-hybridized carbons (Fsp3) is 0.421. The zero-order valence-electron chi connectivity index (χ0n) is 17.1. The number of nitrogens with one attached hydrogen (secondary N) is 1. The highest BCUT2D eigenvalue weighted by Crippen LogP contribution is 2.12. The Morgan fingerprint density at radius 3 is 2.57 bits per heavy atom. The second-order valence-electron chi connectivity index (χ2n) is 6.98. The molecule has 0 aliphatic rings. The van der Waals surface area contributed by atoms with Crippen LogP contribution in [-0.2, 0) is 7.05 Å². The van der Waals surface area contributed by atoms with Crippen LogP contribution < -0.4 is 21.3 Å². The van der Waals surface area contributed by atoms with Gasteiger partial charge in [-0.25, -0.2) is 13.8 Å². The van der Waals surface area contributed by atoms with E-state index in [1.807, 2.05) is 14.1 Å². The molecule has 0 saturated heterocycles. The van der Waals surface area contributed by atoms with Crippen LogP contribution in [-0.4, -0.2) is 69.6 Å². The number of rotatable bonds is 9. The van der Waals surface area contributed by atoms with Crippen LogP contribution >= 0.6 is 0 Å². The standard InChI is InChI=1S/C19H24FN7O3/c1-25(2)11-10-21-9-4-12-30-18-22-15-16(23-24-18)27(19(29)26(3)17(15)28)14-7-5-13(20)6-8-14/h5-8,21H,4,9-12H2,1-3H3. The molecule has 0 amide bonds. The van der Waals surface area contributed by atoms with Crippen molar-refractivity contribution in [2.75, 3.05) is 40.3 Å². The van der Waals surface area contributed by atoms with Gasteiger partial charge in [-0.05, 0) is 51.3 Å². The number of ether oxygens (including phenoxy) is 1. The first kappa shape index (κ1) is 21.5. The number of fused-ring (bicyclic) bond motifs is 1. The summed E-state index contributed by atoms with van der Waals surface area (Å²) in [6.45, 7) is 2.93. The number of hydrogen-bond acceptors (Lipinski definition) is 8. The van der Waals surface area contributed by atoms with E-state index in [4.69, 9.17) is 4.74 Å². The van der Waals surface area contributed by atoms with Crippen molar-refractivity contribution in [2.45, 2.75) is 6.42 Å². The number of hydrogen-bond donors (Lipinski definition) is 1. The van der Waals surface area contributed by atoms with Crippen molar-refractivity contribution in [3.63, 3.8) is 0 Å². The van der Waals surface area contributed by atoms with Crippen molar-refractivity contribution in [1.29, 1.82) is 0 Å². The van der Waals surface area contributed by atoms with E-state index in [0.717, 1.165) is 35.2 Å². The molecule has 11 heteroatoms. The summed E-state index contributed by atoms with van der Waals surface area (Å²) in [6.07, 6.45) is 0.724. The van der Waals surface area contributed by atoms with Gasteiger partial charge in [-0.1, -0.05) is 5.10 Å². The number of nitrogens with zero attached hydrogens (tertiary/aromatic N) is 6. The number of likely N-dealkylation sites (N-methyl/N-ethyl adjacent to an activating group) is 1. The van der Waals surface area contributed by atoms with E-state index in [9.17, 15) is 14.0 Å². The molecule has 0 unspecified atom stereocenters. The first-order valence-electron chi connectivity index (χ1n) is 9.49. The van der Waals surface area contributed by atoms with Gasteiger partial charge < -0.3 is 15.0 Å². The second kappa shape index (κ2) is 9.55. The highest BCUT2D eigenvalue weighted by molar-refractivity contribution is 5.70. The Bertz CT molecular complexity index is 1130. The maximum atomic E-state index is 13.3. The molecule has 0 atom stereocenters. The molecule has 0 spiro atoms. The summed E-state index contributed by atoms with van der Waals surface area (Å²) in [7, 11) is 5.36. The summed E-state index contributed by atoms with van der Waals surface area (Å²) in [4.78, 5) is 31.4. The molecule has 0 aliphatic carbocycles. The molecule has 0 fully saturated rings. The smallest absolute Gasteiger partial charge is 0.337 e. The maximum Gasteiger partial charge on any atom is 0.337 e. The van der Waals surface area contributed by atoms with Gasteiger partial charge in [0.05, 0.1) is 12.3 Å². The van der Waals surface area contributed by atoms with Gasteiger partial charge in [0.25, 0.3) is 5.56 Å². The Morgan fingerprint density at radius 1 is 1.13 bits per heavy atom. The molecule has 3 rings (SSSR count). The van der Waals surface area contributed by atoms with E-state index < -0.39 is 17.1 Å². The predicted octanol–water partition coefficient (Wildman–Crippen LogP) is -0.0664. The lowest BCUT2D eigenvalue weighted by atomic mass is 10.3. The third-order valence-electron chi connectivity index (χ3n) is 4.40. The van der Waals surface area contributed by atoms with Gasteiger partial charge >= 0.3 is 11.7 Å². The van der Waals surface area contributed by atoms with Crippen LogP contribution in [0.15, 0.2) is 33.9 Å². The maximum absolute atomic E-state index is 13.3. The Kier molecular flexibility index (Phi) is 6.85. The van der Waals surface area contributed by atoms with E-state index >= 15 is 0 Å². The zero-order chi connectivity index (χ0) is 21.7. The number of benzene rings is 1. The summed E-state index contributed by atoms with van der Waals surface area (Å²) >= 11 is 0. The third kappa shape index (κ3) is 4.86. The molecule has 0 bridgehead atoms. The zero-order valence-corrected chi connectivity index (χ0v) is 17.1. The molecule has 30 heavy (non-hydrogen) atoms. The van der Waals surface area contributed by atoms with Gasteiger partial charge in [-0.15, -0.1) is 5.10 Å². The van der Waals surface area contributed by atoms with Gasteiger partial charge in [0.15, 0.2) is 11.2 Å². The van der Waals surface area contributed by atoms with Crippen molar-refractivity contribution >= 4 is 11.2 Å². The molecule has 1 aromatic carbocycles. The molecule has 2 heterocycles. The van der Waals surface area contributed by atoms with Crippen LogP contribution in [0.5, 0.6) is 6.01 Å². The molecule has 1 N–H and O–H groups in total. The fourth-order valence-electron chi connectivity index (χ4n) is 2.76. The van der Waals surface area contributed by atoms with Crippen LogP contribution in [0.25, 0.3) is 16.9 Å². The van der Waals surface area contributed by atoms with Gasteiger partial charge in [0.1, 0.15) is 5.82 Å². The molecule has 2 aromatic heterocycles. The molecule has 0 radical (unpaired) electrons. The van der Waals surface area contributed by atoms with Gasteiger partial charge in [0, 0.05) is 20.1 Å². The van der Waals surface area contributed by atoms with Gasteiger partial charge in [-0.3, -0.25) is 9.36 Å². The van der Waals surface area contributed by atoms with Crippen LogP contribution in [0, 0.1) is 5.82 Å². The summed E-state index contributed by atoms with van der Waals surface area (Å²) in [5, 5.41) is 11.2. The largest absolute Gasteiger partial charge is 0.462 e. The minimum atomic E-state index is -0.632. The molecule has 10 nitrogen and oxygen atoms in total. The highest BCUT2D eigenvalue weighted by atomic mass is 19.1. The van der Waals surface area contributed by atoms with E-state index in [-0.39, 0.29) is 17.2 Å². The number of halogens is 1. The van der Waals surface area contributed by atoms with Gasteiger partial charge in [0.2, 0.25) is 0 Å². The van der Waals surface area contributed by atoms with E-state index in [1.165, 1.54) is 31.3 Å². The molecule has 0 aliphatic heterocycles. The van der Waals surface area contributed by atoms with Crippen molar-refractivity contribution in [3.8, 4) is 11.7 Å². The number of aromatic nitrogens is 5. The van der Waals surface area contributed by atoms with Crippen LogP contribution in [0.1, 0.15) is 6.42 Å². The molecular formula is C19H24FN7O3. The Hall–Kier alpha value is -3.18. The summed E-state index contributed by atoms with van der Waals surface area (Å²) in [6, 6.07) is 5.21. The average Bonchev–Trinajstić information content (AvgIpc) is 2.73. The first-order chi connectivity index (χ1) is 14.4. The first-order valence-corrected chi connectivity index (χ1v) is 9.49. The lowest BCUT2D eigenvalue weighted by molar-refractivity contribution is 0.281. The topological polar surface area (TPSA) is 107 Å². The molecular weight excluding hydrogens is 393 g/mol. The average molecular weight is 417 g/mol. The quantitative estimate of drug-likeness (QED) is 0.483. The lowest BCUT2D eigenvalue weighted by Gasteiger charge is -2.11. The summed E-state index contributed by atoms with van der Waals surface area (Å²) in [5.41, 5.74) is -0.982. The monoisotopic (exact) mass is 417 g/mol. The van der Waals surface area contributed by atoms with Crippen molar-refractivity contribution < 1.29 is 9.13 Å². The van der Waals surface area contributed by atoms with E-state index in [1.54, 1.807) is 0 Å². The Morgan fingerprint density at radius 2 is 1.87 bits per heavy atom. The van der Waals surface area contributed by atoms with Crippen LogP contribution in [0.2, 0.25) is 0 Å². The minimum absolute atomic E-state index is 0.0209. The Balaban J connectivity index is 1.80. The summed E-state index contributed by atoms with van der Waals surface area (Å²) in [5.74, 6) is -0.447. The van der Waals surface area contributed by atoms with Gasteiger partial charge in [-0.2, -0.15) is 4.98 Å². The molecule has 160 valence electrons. The van der Waals surface area contributed by atoms with Crippen molar-refractivity contribution in [3.05, 3.63) is 50.9 Å². The fourth-order valence-corrected chi connectivity index (χ4v) is 2.76. The normalized spacial score (nSPS) is 11.4. The minimum Gasteiger partial charge on any atom is -0.462 e. The van der Waals surface area contributed by atoms with Crippen molar-refractivity contribution in [2.24, 2.45) is 7.05 Å². The highest BCUT2D eigenvalue weighted by Gasteiger charge is 2.17. The predicted molar refractivity (Wildman–Crippen MR) is 110 cm³/mol. The van der Waals surface area contributed by atoms with Crippen LogP contribution in [0.3, 0.4) is 0 Å². The van der Waals surface area contributed by atoms with E-state index in [2.05, 4.69) is 25.4 Å². The second-order valence-corrected chi connectivity index (χ2v) is 6.98. The third-order valence-corrected chi connectivity index (χ3v) is 4.40. The molecule has 3 aromatic rings. The van der Waals surface area contributed by atoms with Crippen molar-refractivity contribution in [1.82, 2.24) is 34.5 Å². The SMILES string of the molecule is CN(C)CCNCCCOc1nnc2c(n1)c(=O)n(C)c(=O)n2-c1ccc(F)cc1.